The zero-order chi connectivity index (χ0) is 35.4. The van der Waals surface area contributed by atoms with Gasteiger partial charge in [0.2, 0.25) is 11.5 Å². The Morgan fingerprint density at radius 2 is 1.82 bits per heavy atom. The van der Waals surface area contributed by atoms with Gasteiger partial charge in [0.25, 0.3) is 5.91 Å². The molecular formula is C38H46N2O9. The molecule has 1 aromatic rings. The van der Waals surface area contributed by atoms with Gasteiger partial charge in [0.1, 0.15) is 5.41 Å². The normalized spacial score (nSPS) is 40.9. The molecule has 3 fully saturated rings. The number of carbonyl (C=O) groups excluding carboxylic acids is 4. The van der Waals surface area contributed by atoms with E-state index in [9.17, 15) is 34.5 Å². The average Bonchev–Trinajstić information content (AvgIpc) is 3.50. The molecule has 0 bridgehead atoms. The van der Waals surface area contributed by atoms with Gasteiger partial charge < -0.3 is 35.8 Å². The molecule has 2 aliphatic heterocycles. The molecule has 2 saturated carbocycles. The van der Waals surface area contributed by atoms with Crippen LogP contribution in [0.1, 0.15) is 45.1 Å². The van der Waals surface area contributed by atoms with Crippen LogP contribution < -0.4 is 11.1 Å². The number of carbonyl (C=O) groups is 4. The van der Waals surface area contributed by atoms with Gasteiger partial charge in [-0.1, -0.05) is 69.0 Å². The topological polar surface area (TPSA) is 185 Å². The smallest absolute Gasteiger partial charge is 0.331 e. The van der Waals surface area contributed by atoms with Crippen molar-refractivity contribution in [3.8, 4) is 0 Å². The van der Waals surface area contributed by atoms with E-state index in [4.69, 9.17) is 15.2 Å². The van der Waals surface area contributed by atoms with Gasteiger partial charge in [-0.05, 0) is 54.2 Å². The molecule has 0 radical (unpaired) electrons. The summed E-state index contributed by atoms with van der Waals surface area (Å²) in [4.78, 5) is 55.2. The van der Waals surface area contributed by atoms with E-state index >= 15 is 0 Å². The van der Waals surface area contributed by atoms with Gasteiger partial charge in [-0.15, -0.1) is 0 Å². The van der Waals surface area contributed by atoms with Crippen LogP contribution in [-0.4, -0.2) is 82.1 Å². The van der Waals surface area contributed by atoms with Crippen LogP contribution in [0.5, 0.6) is 0 Å². The number of rotatable bonds is 4. The summed E-state index contributed by atoms with van der Waals surface area (Å²) in [6.45, 7) is 8.11. The second-order valence-electron chi connectivity index (χ2n) is 14.4. The van der Waals surface area contributed by atoms with E-state index < -0.39 is 82.9 Å². The molecule has 11 heteroatoms. The first-order valence-electron chi connectivity index (χ1n) is 17.1. The highest BCUT2D eigenvalue weighted by Gasteiger charge is 2.74. The van der Waals surface area contributed by atoms with Gasteiger partial charge in [-0.3, -0.25) is 14.4 Å². The number of hydrogen-bond acceptors (Lipinski definition) is 9. The lowest BCUT2D eigenvalue weighted by Gasteiger charge is -2.53. The van der Waals surface area contributed by atoms with Crippen molar-refractivity contribution in [2.45, 2.75) is 82.0 Å². The van der Waals surface area contributed by atoms with Crippen LogP contribution in [0, 0.1) is 35.0 Å². The molecule has 1 saturated heterocycles. The molecule has 5 aliphatic rings. The molecule has 6 N–H and O–H groups in total. The fourth-order valence-corrected chi connectivity index (χ4v) is 9.40. The third-order valence-electron chi connectivity index (χ3n) is 11.9. The SMILES string of the molecule is C=C1C(C)C2C(Cc3ccccc3)NC(=O)C23OC(=O)C=CC2=C(C(=O)CCCC(C)CC=CC3C1O)C(OC)C1C(O)C(O)C21C(N)=O. The lowest BCUT2D eigenvalue weighted by Crippen LogP contribution is -2.70. The lowest BCUT2D eigenvalue weighted by atomic mass is 9.54. The number of ketones is 1. The van der Waals surface area contributed by atoms with Gasteiger partial charge in [0, 0.05) is 43.1 Å². The van der Waals surface area contributed by atoms with Crippen LogP contribution >= 0.6 is 0 Å². The minimum Gasteiger partial charge on any atom is -0.445 e. The molecule has 12 atom stereocenters. The number of Topliss-reactive ketones (excluding diaryl/α,β-unsaturated/α-hetero) is 1. The maximum absolute atomic E-state index is 14.3. The standard InChI is InChI=1S/C38H46N2O9/c1-19-10-8-14-24-31(43)21(3)20(2)29-25(18-22-12-6-5-7-13-22)40-36(47)38(24,29)49-27(42)17-16-23-28(26(41)15-9-11-19)33(48-4)30-32(44)34(45)37(23,30)35(39)46/h5-8,12-14,16-17,19-20,24-25,29-34,43-45H,3,9-11,15,18H2,1-2,4H3,(H2,39,46)(H,40,47). The Hall–Kier alpha value is -3.90. The Morgan fingerprint density at radius 1 is 1.10 bits per heavy atom. The van der Waals surface area contributed by atoms with Crippen molar-refractivity contribution < 1.29 is 44.0 Å². The maximum atomic E-state index is 14.3. The summed E-state index contributed by atoms with van der Waals surface area (Å²) in [7, 11) is 1.34. The predicted molar refractivity (Wildman–Crippen MR) is 178 cm³/mol. The summed E-state index contributed by atoms with van der Waals surface area (Å²) >= 11 is 0. The van der Waals surface area contributed by atoms with Crippen molar-refractivity contribution in [3.05, 3.63) is 83.5 Å². The van der Waals surface area contributed by atoms with E-state index in [2.05, 4.69) is 11.9 Å². The van der Waals surface area contributed by atoms with E-state index in [1.807, 2.05) is 50.3 Å². The first kappa shape index (κ1) is 34.9. The Morgan fingerprint density at radius 3 is 2.49 bits per heavy atom. The minimum atomic E-state index is -1.88. The number of fused-ring (bicyclic) bond motifs is 2. The Kier molecular flexibility index (Phi) is 9.34. The van der Waals surface area contributed by atoms with Gasteiger partial charge >= 0.3 is 5.97 Å². The van der Waals surface area contributed by atoms with E-state index in [-0.39, 0.29) is 29.3 Å². The molecule has 0 aromatic heterocycles. The second kappa shape index (κ2) is 13.1. The summed E-state index contributed by atoms with van der Waals surface area (Å²) in [5, 5.41) is 36.5. The number of nitrogens with one attached hydrogen (secondary N) is 1. The van der Waals surface area contributed by atoms with Crippen molar-refractivity contribution in [3.63, 3.8) is 0 Å². The quantitative estimate of drug-likeness (QED) is 0.235. The Bertz CT molecular complexity index is 1630. The van der Waals surface area contributed by atoms with Crippen LogP contribution in [0.4, 0.5) is 0 Å². The number of allylic oxidation sites excluding steroid dienone is 2. The van der Waals surface area contributed by atoms with Crippen molar-refractivity contribution in [2.24, 2.45) is 40.7 Å². The Labute approximate surface area is 285 Å². The van der Waals surface area contributed by atoms with Gasteiger partial charge in [0.15, 0.2) is 5.78 Å². The van der Waals surface area contributed by atoms with Crippen LogP contribution in [0.3, 0.4) is 0 Å². The number of esters is 1. The maximum Gasteiger partial charge on any atom is 0.331 e. The van der Waals surface area contributed by atoms with E-state index in [0.717, 1.165) is 11.6 Å². The number of aliphatic hydroxyl groups is 3. The van der Waals surface area contributed by atoms with Crippen LogP contribution in [-0.2, 0) is 35.1 Å². The molecule has 2 amide bonds. The first-order valence-corrected chi connectivity index (χ1v) is 17.1. The summed E-state index contributed by atoms with van der Waals surface area (Å²) in [5.41, 5.74) is 3.75. The number of amides is 2. The Balaban J connectivity index is 1.48. The molecule has 11 nitrogen and oxygen atoms in total. The summed E-state index contributed by atoms with van der Waals surface area (Å²) in [6.07, 6.45) is 2.89. The van der Waals surface area contributed by atoms with Gasteiger partial charge in [0.05, 0.1) is 30.3 Å². The highest BCUT2D eigenvalue weighted by Crippen LogP contribution is 2.61. The monoisotopic (exact) mass is 674 g/mol. The number of ether oxygens (including phenoxy) is 2. The van der Waals surface area contributed by atoms with Crippen molar-refractivity contribution in [1.82, 2.24) is 5.32 Å². The molecule has 49 heavy (non-hydrogen) atoms. The molecule has 1 spiro atoms. The lowest BCUT2D eigenvalue weighted by molar-refractivity contribution is -0.213. The number of aliphatic hydroxyl groups excluding tert-OH is 3. The summed E-state index contributed by atoms with van der Waals surface area (Å²) in [5.74, 6) is -5.73. The summed E-state index contributed by atoms with van der Waals surface area (Å²) in [6, 6.07) is 9.17. The largest absolute Gasteiger partial charge is 0.445 e. The molecule has 1 aromatic carbocycles. The van der Waals surface area contributed by atoms with E-state index in [1.165, 1.54) is 13.2 Å². The number of benzene rings is 1. The fourth-order valence-electron chi connectivity index (χ4n) is 9.40. The predicted octanol–water partition coefficient (Wildman–Crippen LogP) is 1.85. The second-order valence-corrected chi connectivity index (χ2v) is 14.4. The third kappa shape index (κ3) is 5.24. The van der Waals surface area contributed by atoms with Crippen molar-refractivity contribution in [1.29, 1.82) is 0 Å². The first-order chi connectivity index (χ1) is 23.3. The molecule has 6 rings (SSSR count). The average molecular weight is 675 g/mol. The van der Waals surface area contributed by atoms with Crippen LogP contribution in [0.2, 0.25) is 0 Å². The van der Waals surface area contributed by atoms with Crippen molar-refractivity contribution in [2.75, 3.05) is 7.11 Å². The number of nitrogens with two attached hydrogens (primary N) is 1. The number of methoxy groups -OCH3 is 1. The zero-order valence-corrected chi connectivity index (χ0v) is 28.1. The highest BCUT2D eigenvalue weighted by molar-refractivity contribution is 6.03. The van der Waals surface area contributed by atoms with Gasteiger partial charge in [-0.2, -0.15) is 0 Å². The van der Waals surface area contributed by atoms with Gasteiger partial charge in [-0.25, -0.2) is 4.79 Å². The molecular weight excluding hydrogens is 628 g/mol. The van der Waals surface area contributed by atoms with Crippen LogP contribution in [0.25, 0.3) is 0 Å². The van der Waals surface area contributed by atoms with Crippen molar-refractivity contribution >= 4 is 23.6 Å². The number of primary amides is 1. The molecule has 2 heterocycles. The van der Waals surface area contributed by atoms with E-state index in [0.29, 0.717) is 31.3 Å². The minimum absolute atomic E-state index is 0.00880. The number of hydrogen-bond donors (Lipinski definition) is 5. The molecule has 3 aliphatic carbocycles. The summed E-state index contributed by atoms with van der Waals surface area (Å²) < 4.78 is 11.9. The molecule has 262 valence electrons. The molecule has 12 unspecified atom stereocenters. The van der Waals surface area contributed by atoms with Crippen LogP contribution in [0.15, 0.2) is 77.9 Å². The highest BCUT2D eigenvalue weighted by atomic mass is 16.6. The van der Waals surface area contributed by atoms with E-state index in [1.54, 1.807) is 6.08 Å². The fraction of sp³-hybridized carbons (Fsp3) is 0.526. The third-order valence-corrected chi connectivity index (χ3v) is 11.9. The zero-order valence-electron chi connectivity index (χ0n) is 28.1.